The van der Waals surface area contributed by atoms with E-state index in [1.54, 1.807) is 0 Å². The van der Waals surface area contributed by atoms with Crippen LogP contribution in [0.25, 0.3) is 0 Å². The number of fused-ring (bicyclic) bond motifs is 1. The number of carbonyl (C=O) groups excluding carboxylic acids is 1. The summed E-state index contributed by atoms with van der Waals surface area (Å²) in [6.45, 7) is 1.99. The highest BCUT2D eigenvalue weighted by Crippen LogP contribution is 2.27. The number of hydrogen-bond acceptors (Lipinski definition) is 3. The van der Waals surface area contributed by atoms with Gasteiger partial charge in [-0.05, 0) is 62.9 Å². The van der Waals surface area contributed by atoms with Crippen molar-refractivity contribution in [2.45, 2.75) is 44.9 Å². The number of nitrogens with zero attached hydrogens (tertiary/aromatic N) is 1. The summed E-state index contributed by atoms with van der Waals surface area (Å²) < 4.78 is 5.45. The molecule has 4 nitrogen and oxygen atoms in total. The van der Waals surface area contributed by atoms with Crippen LogP contribution in [0.4, 0.5) is 0 Å². The molecule has 22 heavy (non-hydrogen) atoms. The Bertz CT molecular complexity index is 534. The zero-order valence-corrected chi connectivity index (χ0v) is 13.6. The Morgan fingerprint density at radius 2 is 2.00 bits per heavy atom. The van der Waals surface area contributed by atoms with Crippen LogP contribution in [-0.2, 0) is 18.0 Å². The van der Waals surface area contributed by atoms with Crippen molar-refractivity contribution in [3.8, 4) is 0 Å². The highest BCUT2D eigenvalue weighted by atomic mass is 16.5. The average molecular weight is 302 g/mol. The predicted molar refractivity (Wildman–Crippen MR) is 86.7 cm³/mol. The minimum atomic E-state index is 0.0529. The van der Waals surface area contributed by atoms with E-state index in [2.05, 4.69) is 24.3 Å². The van der Waals surface area contributed by atoms with Crippen LogP contribution >= 0.6 is 0 Å². The largest absolute Gasteiger partial charge is 0.372 e. The van der Waals surface area contributed by atoms with Gasteiger partial charge in [-0.3, -0.25) is 4.79 Å². The van der Waals surface area contributed by atoms with E-state index in [0.717, 1.165) is 23.2 Å². The summed E-state index contributed by atoms with van der Waals surface area (Å²) in [4.78, 5) is 14.8. The van der Waals surface area contributed by atoms with Crippen molar-refractivity contribution in [3.63, 3.8) is 0 Å². The van der Waals surface area contributed by atoms with E-state index in [-0.39, 0.29) is 5.91 Å². The molecule has 120 valence electrons. The molecule has 0 atom stereocenters. The van der Waals surface area contributed by atoms with Gasteiger partial charge in [0.2, 0.25) is 0 Å². The lowest BCUT2D eigenvalue weighted by Gasteiger charge is -2.32. The minimum Gasteiger partial charge on any atom is -0.372 e. The molecule has 3 rings (SSSR count). The summed E-state index contributed by atoms with van der Waals surface area (Å²) in [5.41, 5.74) is 3.01. The van der Waals surface area contributed by atoms with E-state index in [4.69, 9.17) is 4.74 Å². The molecule has 1 amide bonds. The third kappa shape index (κ3) is 3.33. The lowest BCUT2D eigenvalue weighted by atomic mass is 9.85. The Labute approximate surface area is 132 Å². The molecule has 0 spiro atoms. The van der Waals surface area contributed by atoms with Gasteiger partial charge in [0.25, 0.3) is 5.91 Å². The van der Waals surface area contributed by atoms with Crippen molar-refractivity contribution in [2.24, 2.45) is 5.92 Å². The van der Waals surface area contributed by atoms with Crippen LogP contribution < -0.4 is 5.32 Å². The number of ether oxygens (including phenoxy) is 1. The molecule has 4 heteroatoms. The smallest absolute Gasteiger partial charge is 0.251 e. The van der Waals surface area contributed by atoms with E-state index in [1.807, 2.05) is 18.2 Å². The molecule has 0 saturated heterocycles. The second-order valence-corrected chi connectivity index (χ2v) is 6.78. The van der Waals surface area contributed by atoms with Crippen LogP contribution in [0.15, 0.2) is 18.2 Å². The monoisotopic (exact) mass is 302 g/mol. The molecule has 1 aliphatic heterocycles. The van der Waals surface area contributed by atoms with Crippen LogP contribution in [0.5, 0.6) is 0 Å². The molecular formula is C18H26N2O2. The van der Waals surface area contributed by atoms with Gasteiger partial charge in [0.15, 0.2) is 0 Å². The molecule has 1 aromatic rings. The quantitative estimate of drug-likeness (QED) is 0.929. The molecule has 1 N–H and O–H groups in total. The molecule has 0 radical (unpaired) electrons. The zero-order chi connectivity index (χ0) is 15.5. The fourth-order valence-electron chi connectivity index (χ4n) is 3.61. The van der Waals surface area contributed by atoms with Crippen LogP contribution in [0.2, 0.25) is 0 Å². The average Bonchev–Trinajstić information content (AvgIpc) is 3.01. The van der Waals surface area contributed by atoms with Crippen LogP contribution in [0.3, 0.4) is 0 Å². The third-order valence-electron chi connectivity index (χ3n) is 5.12. The lowest BCUT2D eigenvalue weighted by Crippen LogP contribution is -2.36. The summed E-state index contributed by atoms with van der Waals surface area (Å²) >= 11 is 0. The second kappa shape index (κ2) is 6.80. The first-order chi connectivity index (χ1) is 10.6. The number of benzene rings is 1. The van der Waals surface area contributed by atoms with Gasteiger partial charge < -0.3 is 15.0 Å². The van der Waals surface area contributed by atoms with Gasteiger partial charge in [-0.15, -0.1) is 0 Å². The van der Waals surface area contributed by atoms with E-state index in [0.29, 0.717) is 25.2 Å². The SMILES string of the molecule is CN(C)C1CCC(CNC(=O)c2cccc3c2COC3)CC1. The van der Waals surface area contributed by atoms with E-state index < -0.39 is 0 Å². The Kier molecular flexibility index (Phi) is 4.79. The number of carbonyl (C=O) groups is 1. The topological polar surface area (TPSA) is 41.6 Å². The summed E-state index contributed by atoms with van der Waals surface area (Å²) in [6.07, 6.45) is 4.89. The molecule has 0 bridgehead atoms. The predicted octanol–water partition coefficient (Wildman–Crippen LogP) is 2.57. The van der Waals surface area contributed by atoms with E-state index in [1.165, 1.54) is 25.7 Å². The third-order valence-corrected chi connectivity index (χ3v) is 5.12. The van der Waals surface area contributed by atoms with Crippen molar-refractivity contribution in [1.82, 2.24) is 10.2 Å². The van der Waals surface area contributed by atoms with Crippen LogP contribution in [-0.4, -0.2) is 37.5 Å². The van der Waals surface area contributed by atoms with Crippen molar-refractivity contribution >= 4 is 5.91 Å². The standard InChI is InChI=1S/C18H26N2O2/c1-20(2)15-8-6-13(7-9-15)10-19-18(21)16-5-3-4-14-11-22-12-17(14)16/h3-5,13,15H,6-12H2,1-2H3,(H,19,21). The number of amides is 1. The Hall–Kier alpha value is -1.39. The summed E-state index contributed by atoms with van der Waals surface area (Å²) in [7, 11) is 4.32. The summed E-state index contributed by atoms with van der Waals surface area (Å²) in [6, 6.07) is 6.61. The lowest BCUT2D eigenvalue weighted by molar-refractivity contribution is 0.0933. The maximum absolute atomic E-state index is 12.4. The van der Waals surface area contributed by atoms with Gasteiger partial charge in [0.05, 0.1) is 13.2 Å². The fraction of sp³-hybridized carbons (Fsp3) is 0.611. The van der Waals surface area contributed by atoms with Crippen molar-refractivity contribution < 1.29 is 9.53 Å². The first-order valence-corrected chi connectivity index (χ1v) is 8.28. The Balaban J connectivity index is 1.52. The van der Waals surface area contributed by atoms with Crippen molar-refractivity contribution in [2.75, 3.05) is 20.6 Å². The minimum absolute atomic E-state index is 0.0529. The summed E-state index contributed by atoms with van der Waals surface area (Å²) in [5.74, 6) is 0.672. The Morgan fingerprint density at radius 3 is 2.73 bits per heavy atom. The first kappa shape index (κ1) is 15.5. The number of nitrogens with one attached hydrogen (secondary N) is 1. The number of rotatable bonds is 4. The van der Waals surface area contributed by atoms with Crippen molar-refractivity contribution in [3.05, 3.63) is 34.9 Å². The molecule has 2 aliphatic rings. The second-order valence-electron chi connectivity index (χ2n) is 6.78. The van der Waals surface area contributed by atoms with Gasteiger partial charge in [0, 0.05) is 18.2 Å². The highest BCUT2D eigenvalue weighted by Gasteiger charge is 2.24. The maximum atomic E-state index is 12.4. The molecule has 1 aliphatic carbocycles. The highest BCUT2D eigenvalue weighted by molar-refractivity contribution is 5.96. The fourth-order valence-corrected chi connectivity index (χ4v) is 3.61. The molecule has 1 fully saturated rings. The molecule has 0 aromatic heterocycles. The van der Waals surface area contributed by atoms with E-state index in [9.17, 15) is 4.79 Å². The number of hydrogen-bond donors (Lipinski definition) is 1. The van der Waals surface area contributed by atoms with Gasteiger partial charge in [-0.25, -0.2) is 0 Å². The molecule has 1 saturated carbocycles. The molecular weight excluding hydrogens is 276 g/mol. The summed E-state index contributed by atoms with van der Waals surface area (Å²) in [5, 5.41) is 3.13. The van der Waals surface area contributed by atoms with Gasteiger partial charge in [-0.2, -0.15) is 0 Å². The van der Waals surface area contributed by atoms with Crippen molar-refractivity contribution in [1.29, 1.82) is 0 Å². The van der Waals surface area contributed by atoms with Gasteiger partial charge in [0.1, 0.15) is 0 Å². The van der Waals surface area contributed by atoms with E-state index >= 15 is 0 Å². The van der Waals surface area contributed by atoms with Crippen LogP contribution in [0, 0.1) is 5.92 Å². The maximum Gasteiger partial charge on any atom is 0.251 e. The van der Waals surface area contributed by atoms with Crippen LogP contribution in [0.1, 0.15) is 47.2 Å². The molecule has 1 aromatic carbocycles. The molecule has 1 heterocycles. The molecule has 0 unspecified atom stereocenters. The van der Waals surface area contributed by atoms with Gasteiger partial charge >= 0.3 is 0 Å². The Morgan fingerprint density at radius 1 is 1.23 bits per heavy atom. The zero-order valence-electron chi connectivity index (χ0n) is 13.6. The normalized spacial score (nSPS) is 24.3. The van der Waals surface area contributed by atoms with Gasteiger partial charge in [-0.1, -0.05) is 12.1 Å². The first-order valence-electron chi connectivity index (χ1n) is 8.28.